The van der Waals surface area contributed by atoms with Crippen LogP contribution in [0.15, 0.2) is 66.7 Å². The molecule has 0 aliphatic carbocycles. The Morgan fingerprint density at radius 1 is 1.00 bits per heavy atom. The van der Waals surface area contributed by atoms with Crippen LogP contribution >= 0.6 is 0 Å². The Morgan fingerprint density at radius 3 is 2.43 bits per heavy atom. The Morgan fingerprint density at radius 2 is 1.75 bits per heavy atom. The zero-order valence-electron chi connectivity index (χ0n) is 16.1. The molecule has 1 amide bonds. The van der Waals surface area contributed by atoms with Gasteiger partial charge in [0.15, 0.2) is 11.5 Å². The average Bonchev–Trinajstić information content (AvgIpc) is 2.77. The van der Waals surface area contributed by atoms with E-state index < -0.39 is 0 Å². The van der Waals surface area contributed by atoms with Crippen LogP contribution in [0.1, 0.15) is 28.5 Å². The van der Waals surface area contributed by atoms with Crippen LogP contribution in [0.4, 0.5) is 5.82 Å². The van der Waals surface area contributed by atoms with Gasteiger partial charge < -0.3 is 15.0 Å². The second kappa shape index (κ2) is 9.50. The van der Waals surface area contributed by atoms with E-state index >= 15 is 0 Å². The van der Waals surface area contributed by atoms with E-state index in [1.165, 1.54) is 5.56 Å². The van der Waals surface area contributed by atoms with Crippen molar-refractivity contribution in [3.63, 3.8) is 0 Å². The van der Waals surface area contributed by atoms with Crippen molar-refractivity contribution in [1.29, 1.82) is 0 Å². The van der Waals surface area contributed by atoms with E-state index in [9.17, 15) is 4.79 Å². The summed E-state index contributed by atoms with van der Waals surface area (Å²) in [6.07, 6.45) is 0. The van der Waals surface area contributed by atoms with Gasteiger partial charge in [-0.1, -0.05) is 48.5 Å². The molecule has 144 valence electrons. The number of hydrogen-bond acceptors (Lipinski definition) is 5. The van der Waals surface area contributed by atoms with Crippen LogP contribution in [0.2, 0.25) is 0 Å². The summed E-state index contributed by atoms with van der Waals surface area (Å²) in [5.74, 6) is 1.22. The van der Waals surface area contributed by atoms with Crippen LogP contribution in [-0.2, 0) is 13.1 Å². The minimum absolute atomic E-state index is 0.268. The molecule has 3 aromatic rings. The van der Waals surface area contributed by atoms with Crippen LogP contribution in [-0.4, -0.2) is 29.8 Å². The van der Waals surface area contributed by atoms with Crippen molar-refractivity contribution in [1.82, 2.24) is 15.5 Å². The minimum atomic E-state index is -0.268. The van der Waals surface area contributed by atoms with Gasteiger partial charge in [0.25, 0.3) is 5.91 Å². The lowest BCUT2D eigenvalue weighted by Gasteiger charge is -2.21. The van der Waals surface area contributed by atoms with Crippen LogP contribution in [0.25, 0.3) is 0 Å². The minimum Gasteiger partial charge on any atom is -0.496 e. The molecule has 0 bridgehead atoms. The summed E-state index contributed by atoms with van der Waals surface area (Å²) in [4.78, 5) is 14.5. The molecule has 28 heavy (non-hydrogen) atoms. The van der Waals surface area contributed by atoms with Gasteiger partial charge in [-0.2, -0.15) is 0 Å². The van der Waals surface area contributed by atoms with Crippen molar-refractivity contribution in [2.24, 2.45) is 0 Å². The SMILES string of the molecule is CCN(Cc1ccccc1)c1ccc(C(=O)NCc2ccccc2OC)nn1. The Balaban J connectivity index is 1.63. The van der Waals surface area contributed by atoms with Crippen molar-refractivity contribution in [2.75, 3.05) is 18.6 Å². The summed E-state index contributed by atoms with van der Waals surface area (Å²) < 4.78 is 5.30. The molecule has 3 rings (SSSR count). The summed E-state index contributed by atoms with van der Waals surface area (Å²) in [6.45, 7) is 3.97. The maximum absolute atomic E-state index is 12.4. The van der Waals surface area contributed by atoms with Gasteiger partial charge >= 0.3 is 0 Å². The molecule has 1 aromatic heterocycles. The molecule has 6 heteroatoms. The number of ether oxygens (including phenoxy) is 1. The second-order valence-corrected chi connectivity index (χ2v) is 6.27. The average molecular weight is 376 g/mol. The van der Waals surface area contributed by atoms with Gasteiger partial charge in [-0.05, 0) is 30.7 Å². The van der Waals surface area contributed by atoms with E-state index in [0.29, 0.717) is 6.54 Å². The van der Waals surface area contributed by atoms with Gasteiger partial charge in [0.1, 0.15) is 5.75 Å². The van der Waals surface area contributed by atoms with Crippen molar-refractivity contribution >= 4 is 11.7 Å². The Kier molecular flexibility index (Phi) is 6.57. The zero-order valence-corrected chi connectivity index (χ0v) is 16.1. The first-order valence-corrected chi connectivity index (χ1v) is 9.24. The van der Waals surface area contributed by atoms with E-state index in [4.69, 9.17) is 4.74 Å². The van der Waals surface area contributed by atoms with E-state index in [0.717, 1.165) is 30.2 Å². The molecule has 0 saturated heterocycles. The monoisotopic (exact) mass is 376 g/mol. The van der Waals surface area contributed by atoms with Crippen molar-refractivity contribution in [3.05, 3.63) is 83.6 Å². The number of carbonyl (C=O) groups excluding carboxylic acids is 1. The highest BCUT2D eigenvalue weighted by molar-refractivity contribution is 5.92. The number of nitrogens with zero attached hydrogens (tertiary/aromatic N) is 3. The molecule has 0 aliphatic rings. The molecule has 0 atom stereocenters. The lowest BCUT2D eigenvalue weighted by atomic mass is 10.2. The largest absolute Gasteiger partial charge is 0.496 e. The molecule has 1 N–H and O–H groups in total. The smallest absolute Gasteiger partial charge is 0.272 e. The zero-order chi connectivity index (χ0) is 19.8. The molecular formula is C22H24N4O2. The van der Waals surface area contributed by atoms with Gasteiger partial charge in [-0.3, -0.25) is 4.79 Å². The third kappa shape index (κ3) is 4.85. The van der Waals surface area contributed by atoms with E-state index in [-0.39, 0.29) is 11.6 Å². The predicted molar refractivity (Wildman–Crippen MR) is 109 cm³/mol. The molecule has 6 nitrogen and oxygen atoms in total. The molecular weight excluding hydrogens is 352 g/mol. The number of anilines is 1. The summed E-state index contributed by atoms with van der Waals surface area (Å²) in [5, 5.41) is 11.2. The van der Waals surface area contributed by atoms with Gasteiger partial charge in [-0.25, -0.2) is 0 Å². The number of nitrogens with one attached hydrogen (secondary N) is 1. The number of carbonyl (C=O) groups is 1. The lowest BCUT2D eigenvalue weighted by Crippen LogP contribution is -2.26. The molecule has 0 unspecified atom stereocenters. The fourth-order valence-electron chi connectivity index (χ4n) is 2.89. The standard InChI is InChI=1S/C22H24N4O2/c1-3-26(16-17-9-5-4-6-10-17)21-14-13-19(24-25-21)22(27)23-15-18-11-7-8-12-20(18)28-2/h4-14H,3,15-16H2,1-2H3,(H,23,27). The first kappa shape index (κ1) is 19.4. The van der Waals surface area contributed by atoms with E-state index in [1.807, 2.05) is 48.5 Å². The molecule has 0 spiro atoms. The number of rotatable bonds is 8. The van der Waals surface area contributed by atoms with Crippen LogP contribution in [0, 0.1) is 0 Å². The maximum Gasteiger partial charge on any atom is 0.272 e. The van der Waals surface area contributed by atoms with Crippen LogP contribution < -0.4 is 15.0 Å². The number of aromatic nitrogens is 2. The van der Waals surface area contributed by atoms with Gasteiger partial charge in [0, 0.05) is 25.2 Å². The summed E-state index contributed by atoms with van der Waals surface area (Å²) in [5.41, 5.74) is 2.39. The first-order valence-electron chi connectivity index (χ1n) is 9.24. The summed E-state index contributed by atoms with van der Waals surface area (Å²) >= 11 is 0. The third-order valence-corrected chi connectivity index (χ3v) is 4.44. The maximum atomic E-state index is 12.4. The fourth-order valence-corrected chi connectivity index (χ4v) is 2.89. The molecule has 0 saturated carbocycles. The third-order valence-electron chi connectivity index (χ3n) is 4.44. The second-order valence-electron chi connectivity index (χ2n) is 6.27. The van der Waals surface area contributed by atoms with Crippen molar-refractivity contribution in [2.45, 2.75) is 20.0 Å². The van der Waals surface area contributed by atoms with Gasteiger partial charge in [0.05, 0.1) is 7.11 Å². The van der Waals surface area contributed by atoms with E-state index in [2.05, 4.69) is 39.5 Å². The summed E-state index contributed by atoms with van der Waals surface area (Å²) in [6, 6.07) is 21.3. The van der Waals surface area contributed by atoms with Crippen LogP contribution in [0.3, 0.4) is 0 Å². The molecule has 0 fully saturated rings. The Hall–Kier alpha value is -3.41. The lowest BCUT2D eigenvalue weighted by molar-refractivity contribution is 0.0944. The van der Waals surface area contributed by atoms with Gasteiger partial charge in [-0.15, -0.1) is 10.2 Å². The quantitative estimate of drug-likeness (QED) is 0.652. The number of para-hydroxylation sites is 1. The highest BCUT2D eigenvalue weighted by Gasteiger charge is 2.12. The Labute approximate surface area is 165 Å². The van der Waals surface area contributed by atoms with Crippen molar-refractivity contribution < 1.29 is 9.53 Å². The number of methoxy groups -OCH3 is 1. The molecule has 0 radical (unpaired) electrons. The molecule has 0 aliphatic heterocycles. The topological polar surface area (TPSA) is 67.4 Å². The number of benzene rings is 2. The molecule has 2 aromatic carbocycles. The highest BCUT2D eigenvalue weighted by Crippen LogP contribution is 2.17. The first-order chi connectivity index (χ1) is 13.7. The number of hydrogen-bond donors (Lipinski definition) is 1. The summed E-state index contributed by atoms with van der Waals surface area (Å²) in [7, 11) is 1.61. The fraction of sp³-hybridized carbons (Fsp3) is 0.227. The Bertz CT molecular complexity index is 898. The van der Waals surface area contributed by atoms with Crippen LogP contribution in [0.5, 0.6) is 5.75 Å². The van der Waals surface area contributed by atoms with Crippen molar-refractivity contribution in [3.8, 4) is 5.75 Å². The predicted octanol–water partition coefficient (Wildman–Crippen LogP) is 3.44. The van der Waals surface area contributed by atoms with E-state index in [1.54, 1.807) is 13.2 Å². The normalized spacial score (nSPS) is 10.4. The number of amides is 1. The highest BCUT2D eigenvalue weighted by atomic mass is 16.5. The molecule has 1 heterocycles. The van der Waals surface area contributed by atoms with Gasteiger partial charge in [0.2, 0.25) is 0 Å².